The molecule has 0 aliphatic carbocycles. The van der Waals surface area contributed by atoms with E-state index in [-0.39, 0.29) is 12.6 Å². The smallest absolute Gasteiger partial charge is 0.213 e. The van der Waals surface area contributed by atoms with E-state index in [1.807, 2.05) is 12.1 Å². The van der Waals surface area contributed by atoms with Gasteiger partial charge in [0.1, 0.15) is 0 Å². The number of pyridine rings is 1. The van der Waals surface area contributed by atoms with Crippen LogP contribution in [-0.2, 0) is 0 Å². The Labute approximate surface area is 83.7 Å². The molecule has 1 atom stereocenters. The van der Waals surface area contributed by atoms with E-state index in [0.29, 0.717) is 12.3 Å². The third-order valence-electron chi connectivity index (χ3n) is 2.01. The molecule has 1 aromatic rings. The van der Waals surface area contributed by atoms with Crippen LogP contribution < -0.4 is 10.5 Å². The summed E-state index contributed by atoms with van der Waals surface area (Å²) < 4.78 is 4.99. The van der Waals surface area contributed by atoms with E-state index >= 15 is 0 Å². The highest BCUT2D eigenvalue weighted by Crippen LogP contribution is 2.16. The Morgan fingerprint density at radius 2 is 2.36 bits per heavy atom. The van der Waals surface area contributed by atoms with Crippen LogP contribution >= 0.6 is 0 Å². The summed E-state index contributed by atoms with van der Waals surface area (Å²) in [6, 6.07) is 5.38. The van der Waals surface area contributed by atoms with Crippen LogP contribution in [0.2, 0.25) is 0 Å². The molecular formula is C10H16N2O2. The van der Waals surface area contributed by atoms with Gasteiger partial charge in [0.15, 0.2) is 0 Å². The molecule has 0 aromatic carbocycles. The number of ether oxygens (including phenoxy) is 1. The second-order valence-corrected chi connectivity index (χ2v) is 3.08. The first-order valence-corrected chi connectivity index (χ1v) is 4.65. The van der Waals surface area contributed by atoms with Crippen LogP contribution in [0.4, 0.5) is 0 Å². The first kappa shape index (κ1) is 10.9. The van der Waals surface area contributed by atoms with E-state index in [4.69, 9.17) is 15.6 Å². The van der Waals surface area contributed by atoms with Crippen molar-refractivity contribution in [2.75, 3.05) is 13.7 Å². The number of nitrogens with two attached hydrogens (primary N) is 1. The molecule has 4 nitrogen and oxygen atoms in total. The lowest BCUT2D eigenvalue weighted by Crippen LogP contribution is -2.12. The van der Waals surface area contributed by atoms with E-state index in [1.165, 1.54) is 0 Å². The Hall–Kier alpha value is -1.13. The molecule has 1 rings (SSSR count). The zero-order valence-corrected chi connectivity index (χ0v) is 8.31. The molecule has 0 radical (unpaired) electrons. The quantitative estimate of drug-likeness (QED) is 0.733. The van der Waals surface area contributed by atoms with Crippen LogP contribution in [-0.4, -0.2) is 23.8 Å². The first-order chi connectivity index (χ1) is 6.77. The summed E-state index contributed by atoms with van der Waals surface area (Å²) in [5.41, 5.74) is 6.68. The molecule has 78 valence electrons. The summed E-state index contributed by atoms with van der Waals surface area (Å²) >= 11 is 0. The fourth-order valence-corrected chi connectivity index (χ4v) is 1.21. The third kappa shape index (κ3) is 2.97. The van der Waals surface area contributed by atoms with Crippen molar-refractivity contribution in [2.45, 2.75) is 18.9 Å². The molecular weight excluding hydrogens is 180 g/mol. The van der Waals surface area contributed by atoms with Crippen molar-refractivity contribution in [2.24, 2.45) is 5.73 Å². The van der Waals surface area contributed by atoms with Crippen LogP contribution in [0.15, 0.2) is 18.2 Å². The lowest BCUT2D eigenvalue weighted by atomic mass is 10.1. The van der Waals surface area contributed by atoms with E-state index in [2.05, 4.69) is 4.98 Å². The van der Waals surface area contributed by atoms with Gasteiger partial charge in [0.05, 0.1) is 12.8 Å². The molecule has 1 aromatic heterocycles. The second kappa shape index (κ2) is 5.57. The van der Waals surface area contributed by atoms with Crippen molar-refractivity contribution in [3.05, 3.63) is 23.9 Å². The Morgan fingerprint density at radius 1 is 1.57 bits per heavy atom. The second-order valence-electron chi connectivity index (χ2n) is 3.08. The SMILES string of the molecule is COc1cccc([C@H](N)CCCO)n1. The van der Waals surface area contributed by atoms with Crippen LogP contribution in [0.25, 0.3) is 0 Å². The van der Waals surface area contributed by atoms with Crippen molar-refractivity contribution < 1.29 is 9.84 Å². The van der Waals surface area contributed by atoms with Crippen LogP contribution in [0, 0.1) is 0 Å². The fraction of sp³-hybridized carbons (Fsp3) is 0.500. The molecule has 4 heteroatoms. The van der Waals surface area contributed by atoms with Gasteiger partial charge in [-0.3, -0.25) is 0 Å². The van der Waals surface area contributed by atoms with Gasteiger partial charge in [0, 0.05) is 18.7 Å². The summed E-state index contributed by atoms with van der Waals surface area (Å²) in [7, 11) is 1.57. The Morgan fingerprint density at radius 3 is 3.00 bits per heavy atom. The van der Waals surface area contributed by atoms with E-state index in [1.54, 1.807) is 13.2 Å². The molecule has 0 saturated heterocycles. The maximum Gasteiger partial charge on any atom is 0.213 e. The minimum absolute atomic E-state index is 0.128. The molecule has 0 amide bonds. The Balaban J connectivity index is 2.64. The molecule has 3 N–H and O–H groups in total. The van der Waals surface area contributed by atoms with Gasteiger partial charge in [-0.05, 0) is 18.9 Å². The van der Waals surface area contributed by atoms with Crippen molar-refractivity contribution >= 4 is 0 Å². The highest BCUT2D eigenvalue weighted by atomic mass is 16.5. The monoisotopic (exact) mass is 196 g/mol. The molecule has 0 bridgehead atoms. The average molecular weight is 196 g/mol. The normalized spacial score (nSPS) is 12.5. The number of hydrogen-bond acceptors (Lipinski definition) is 4. The third-order valence-corrected chi connectivity index (χ3v) is 2.01. The number of aliphatic hydroxyl groups is 1. The highest BCUT2D eigenvalue weighted by Gasteiger charge is 2.07. The molecule has 0 fully saturated rings. The van der Waals surface area contributed by atoms with Gasteiger partial charge < -0.3 is 15.6 Å². The average Bonchev–Trinajstić information content (AvgIpc) is 2.26. The van der Waals surface area contributed by atoms with Gasteiger partial charge in [-0.1, -0.05) is 6.07 Å². The van der Waals surface area contributed by atoms with Gasteiger partial charge >= 0.3 is 0 Å². The van der Waals surface area contributed by atoms with Crippen LogP contribution in [0.1, 0.15) is 24.6 Å². The molecule has 0 spiro atoms. The highest BCUT2D eigenvalue weighted by molar-refractivity contribution is 5.17. The summed E-state index contributed by atoms with van der Waals surface area (Å²) in [6.45, 7) is 0.164. The summed E-state index contributed by atoms with van der Waals surface area (Å²) in [6.07, 6.45) is 1.43. The first-order valence-electron chi connectivity index (χ1n) is 4.65. The molecule has 1 heterocycles. The zero-order valence-electron chi connectivity index (χ0n) is 8.31. The Bertz CT molecular complexity index is 279. The van der Waals surface area contributed by atoms with E-state index in [9.17, 15) is 0 Å². The van der Waals surface area contributed by atoms with Crippen molar-refractivity contribution in [1.82, 2.24) is 4.98 Å². The number of aromatic nitrogens is 1. The number of methoxy groups -OCH3 is 1. The minimum atomic E-state index is -0.128. The maximum atomic E-state index is 8.66. The largest absolute Gasteiger partial charge is 0.481 e. The van der Waals surface area contributed by atoms with Crippen LogP contribution in [0.3, 0.4) is 0 Å². The lowest BCUT2D eigenvalue weighted by molar-refractivity contribution is 0.279. The summed E-state index contributed by atoms with van der Waals surface area (Å²) in [5.74, 6) is 0.571. The summed E-state index contributed by atoms with van der Waals surface area (Å²) in [4.78, 5) is 4.22. The van der Waals surface area contributed by atoms with Gasteiger partial charge in [0.25, 0.3) is 0 Å². The van der Waals surface area contributed by atoms with Gasteiger partial charge in [-0.25, -0.2) is 4.98 Å². The molecule has 0 aliphatic heterocycles. The maximum absolute atomic E-state index is 8.66. The Kier molecular flexibility index (Phi) is 4.35. The molecule has 14 heavy (non-hydrogen) atoms. The molecule has 0 saturated carbocycles. The van der Waals surface area contributed by atoms with Crippen molar-refractivity contribution in [3.8, 4) is 5.88 Å². The van der Waals surface area contributed by atoms with Gasteiger partial charge in [0.2, 0.25) is 5.88 Å². The zero-order chi connectivity index (χ0) is 10.4. The molecule has 0 aliphatic rings. The number of hydrogen-bond donors (Lipinski definition) is 2. The predicted molar refractivity (Wildman–Crippen MR) is 54.0 cm³/mol. The van der Waals surface area contributed by atoms with E-state index < -0.39 is 0 Å². The van der Waals surface area contributed by atoms with Crippen molar-refractivity contribution in [1.29, 1.82) is 0 Å². The molecule has 0 unspecified atom stereocenters. The van der Waals surface area contributed by atoms with Crippen molar-refractivity contribution in [3.63, 3.8) is 0 Å². The topological polar surface area (TPSA) is 68.4 Å². The fourth-order valence-electron chi connectivity index (χ4n) is 1.21. The van der Waals surface area contributed by atoms with Gasteiger partial charge in [-0.2, -0.15) is 0 Å². The lowest BCUT2D eigenvalue weighted by Gasteiger charge is -2.10. The summed E-state index contributed by atoms with van der Waals surface area (Å²) in [5, 5.41) is 8.66. The predicted octanol–water partition coefficient (Wildman–Crippen LogP) is 0.863. The van der Waals surface area contributed by atoms with Crippen LogP contribution in [0.5, 0.6) is 5.88 Å². The van der Waals surface area contributed by atoms with E-state index in [0.717, 1.165) is 12.1 Å². The number of rotatable bonds is 5. The minimum Gasteiger partial charge on any atom is -0.481 e. The number of aliphatic hydroxyl groups excluding tert-OH is 1. The standard InChI is InChI=1S/C10H16N2O2/c1-14-10-6-2-5-9(12-10)8(11)4-3-7-13/h2,5-6,8,13H,3-4,7,11H2,1H3/t8-/m1/s1. The van der Waals surface area contributed by atoms with Gasteiger partial charge in [-0.15, -0.1) is 0 Å². The number of nitrogens with zero attached hydrogens (tertiary/aromatic N) is 1.